The molecule has 8 heteroatoms. The zero-order valence-electron chi connectivity index (χ0n) is 8.88. The van der Waals surface area contributed by atoms with Gasteiger partial charge in [0.1, 0.15) is 0 Å². The fourth-order valence-electron chi connectivity index (χ4n) is 1.52. The van der Waals surface area contributed by atoms with Gasteiger partial charge in [0.15, 0.2) is 0 Å². The minimum absolute atomic E-state index is 0.478. The van der Waals surface area contributed by atoms with E-state index in [1.807, 2.05) is 0 Å². The molecule has 3 rings (SSSR count). The van der Waals surface area contributed by atoms with E-state index in [2.05, 4.69) is 25.7 Å². The Hall–Kier alpha value is -1.92. The maximum atomic E-state index is 6.10. The van der Waals surface area contributed by atoms with Crippen LogP contribution in [0.1, 0.15) is 0 Å². The predicted molar refractivity (Wildman–Crippen MR) is 66.8 cm³/mol. The van der Waals surface area contributed by atoms with Gasteiger partial charge in [-0.2, -0.15) is 10.3 Å². The van der Waals surface area contributed by atoms with Crippen LogP contribution in [-0.4, -0.2) is 30.4 Å². The van der Waals surface area contributed by atoms with Gasteiger partial charge in [-0.05, 0) is 23.4 Å². The van der Waals surface area contributed by atoms with Gasteiger partial charge < -0.3 is 0 Å². The van der Waals surface area contributed by atoms with Crippen molar-refractivity contribution < 1.29 is 0 Å². The number of halogens is 2. The highest BCUT2D eigenvalue weighted by molar-refractivity contribution is 6.35. The Labute approximate surface area is 112 Å². The van der Waals surface area contributed by atoms with Crippen molar-refractivity contribution >= 4 is 23.2 Å². The molecule has 90 valence electrons. The molecule has 0 radical (unpaired) electrons. The second-order valence-corrected chi connectivity index (χ2v) is 4.35. The third kappa shape index (κ3) is 1.96. The normalized spacial score (nSPS) is 10.8. The van der Waals surface area contributed by atoms with Crippen LogP contribution in [-0.2, 0) is 0 Å². The van der Waals surface area contributed by atoms with Crippen molar-refractivity contribution in [3.8, 4) is 17.1 Å². The largest absolute Gasteiger partial charge is 0.239 e. The third-order valence-corrected chi connectivity index (χ3v) is 2.88. The van der Waals surface area contributed by atoms with Crippen LogP contribution in [0.4, 0.5) is 0 Å². The van der Waals surface area contributed by atoms with Gasteiger partial charge in [-0.25, -0.2) is 4.68 Å². The number of aromatic amines is 1. The lowest BCUT2D eigenvalue weighted by atomic mass is 10.3. The Balaban J connectivity index is 2.03. The molecule has 18 heavy (non-hydrogen) atoms. The molecule has 0 unspecified atom stereocenters. The van der Waals surface area contributed by atoms with Crippen LogP contribution in [0.2, 0.25) is 10.0 Å². The molecule has 0 aliphatic rings. The van der Waals surface area contributed by atoms with Crippen LogP contribution in [0, 0.1) is 0 Å². The molecular formula is C10H6Cl2N6. The summed E-state index contributed by atoms with van der Waals surface area (Å²) in [6.45, 7) is 0. The fraction of sp³-hybridized carbons (Fsp3) is 0. The van der Waals surface area contributed by atoms with Crippen LogP contribution < -0.4 is 0 Å². The summed E-state index contributed by atoms with van der Waals surface area (Å²) < 4.78 is 1.63. The molecule has 2 heterocycles. The predicted octanol–water partition coefficient (Wildman–Crippen LogP) is 2.36. The highest BCUT2D eigenvalue weighted by Gasteiger charge is 2.09. The summed E-state index contributed by atoms with van der Waals surface area (Å²) in [5.41, 5.74) is 1.48. The Morgan fingerprint density at radius 2 is 2.11 bits per heavy atom. The number of hydrogen-bond acceptors (Lipinski definition) is 4. The topological polar surface area (TPSA) is 72.3 Å². The molecule has 0 aliphatic carbocycles. The van der Waals surface area contributed by atoms with E-state index in [-0.39, 0.29) is 0 Å². The van der Waals surface area contributed by atoms with Crippen molar-refractivity contribution in [3.05, 3.63) is 40.6 Å². The number of nitrogens with zero attached hydrogens (tertiary/aromatic N) is 5. The molecule has 1 aromatic carbocycles. The summed E-state index contributed by atoms with van der Waals surface area (Å²) in [5.74, 6) is 0.478. The van der Waals surface area contributed by atoms with Gasteiger partial charge in [-0.1, -0.05) is 23.2 Å². The zero-order chi connectivity index (χ0) is 12.5. The van der Waals surface area contributed by atoms with E-state index in [1.165, 1.54) is 0 Å². The molecule has 0 bridgehead atoms. The van der Waals surface area contributed by atoms with E-state index in [0.29, 0.717) is 15.9 Å². The Morgan fingerprint density at radius 3 is 2.83 bits per heavy atom. The Bertz CT molecular complexity index is 676. The minimum atomic E-state index is 0.478. The quantitative estimate of drug-likeness (QED) is 0.782. The van der Waals surface area contributed by atoms with Crippen LogP contribution in [0.15, 0.2) is 30.6 Å². The lowest BCUT2D eigenvalue weighted by molar-refractivity contribution is 0.881. The van der Waals surface area contributed by atoms with E-state index in [4.69, 9.17) is 23.2 Å². The van der Waals surface area contributed by atoms with E-state index < -0.39 is 0 Å². The Morgan fingerprint density at radius 1 is 1.22 bits per heavy atom. The summed E-state index contributed by atoms with van der Waals surface area (Å²) in [7, 11) is 0. The molecule has 1 N–H and O–H groups in total. The second kappa shape index (κ2) is 4.40. The van der Waals surface area contributed by atoms with Gasteiger partial charge in [0, 0.05) is 11.2 Å². The minimum Gasteiger partial charge on any atom is -0.239 e. The van der Waals surface area contributed by atoms with E-state index in [0.717, 1.165) is 11.3 Å². The average Bonchev–Trinajstić information content (AvgIpc) is 2.99. The third-order valence-electron chi connectivity index (χ3n) is 2.34. The van der Waals surface area contributed by atoms with Crippen LogP contribution >= 0.6 is 23.2 Å². The first-order valence-electron chi connectivity index (χ1n) is 4.98. The van der Waals surface area contributed by atoms with Crippen molar-refractivity contribution in [2.24, 2.45) is 0 Å². The van der Waals surface area contributed by atoms with Gasteiger partial charge in [0.25, 0.3) is 0 Å². The molecule has 0 saturated carbocycles. The molecule has 0 saturated heterocycles. The number of rotatable bonds is 2. The molecule has 0 spiro atoms. The second-order valence-electron chi connectivity index (χ2n) is 3.50. The van der Waals surface area contributed by atoms with Gasteiger partial charge in [0.2, 0.25) is 5.82 Å². The van der Waals surface area contributed by atoms with Crippen LogP contribution in [0.25, 0.3) is 17.1 Å². The highest BCUT2D eigenvalue weighted by atomic mass is 35.5. The van der Waals surface area contributed by atoms with Crippen LogP contribution in [0.3, 0.4) is 0 Å². The van der Waals surface area contributed by atoms with Gasteiger partial charge in [0.05, 0.1) is 22.5 Å². The molecule has 0 aliphatic heterocycles. The lowest BCUT2D eigenvalue weighted by Crippen LogP contribution is -1.94. The molecule has 6 nitrogen and oxygen atoms in total. The van der Waals surface area contributed by atoms with Crippen molar-refractivity contribution in [2.75, 3.05) is 0 Å². The van der Waals surface area contributed by atoms with E-state index >= 15 is 0 Å². The number of tetrazole rings is 1. The van der Waals surface area contributed by atoms with E-state index in [9.17, 15) is 0 Å². The summed E-state index contributed by atoms with van der Waals surface area (Å²) in [6, 6.07) is 5.20. The molecule has 0 fully saturated rings. The van der Waals surface area contributed by atoms with Crippen molar-refractivity contribution in [2.45, 2.75) is 0 Å². The SMILES string of the molecule is Clc1ccc(-n2cc(-c3nn[nH]n3)cn2)c(Cl)c1. The monoisotopic (exact) mass is 280 g/mol. The molecular weight excluding hydrogens is 275 g/mol. The number of benzene rings is 1. The van der Waals surface area contributed by atoms with Crippen molar-refractivity contribution in [1.82, 2.24) is 30.4 Å². The molecule has 3 aromatic rings. The van der Waals surface area contributed by atoms with Crippen LogP contribution in [0.5, 0.6) is 0 Å². The first kappa shape index (κ1) is 11.2. The standard InChI is InChI=1S/C10H6Cl2N6/c11-7-1-2-9(8(12)3-7)18-5-6(4-13-18)10-14-16-17-15-10/h1-5H,(H,14,15,16,17). The Kier molecular flexibility index (Phi) is 2.73. The fourth-order valence-corrected chi connectivity index (χ4v) is 2.02. The first-order valence-corrected chi connectivity index (χ1v) is 5.73. The summed E-state index contributed by atoms with van der Waals surface area (Å²) >= 11 is 11.9. The average molecular weight is 281 g/mol. The van der Waals surface area contributed by atoms with E-state index in [1.54, 1.807) is 35.3 Å². The number of H-pyrrole nitrogens is 1. The van der Waals surface area contributed by atoms with Crippen molar-refractivity contribution in [1.29, 1.82) is 0 Å². The smallest absolute Gasteiger partial charge is 0.207 e. The maximum Gasteiger partial charge on any atom is 0.207 e. The lowest BCUT2D eigenvalue weighted by Gasteiger charge is -2.03. The van der Waals surface area contributed by atoms with Gasteiger partial charge in [-0.3, -0.25) is 0 Å². The molecule has 0 amide bonds. The zero-order valence-corrected chi connectivity index (χ0v) is 10.4. The van der Waals surface area contributed by atoms with Crippen molar-refractivity contribution in [3.63, 3.8) is 0 Å². The van der Waals surface area contributed by atoms with Gasteiger partial charge >= 0.3 is 0 Å². The molecule has 0 atom stereocenters. The summed E-state index contributed by atoms with van der Waals surface area (Å²) in [4.78, 5) is 0. The molecule has 2 aromatic heterocycles. The first-order chi connectivity index (χ1) is 8.74. The number of hydrogen-bond donors (Lipinski definition) is 1. The maximum absolute atomic E-state index is 6.10. The summed E-state index contributed by atoms with van der Waals surface area (Å²) in [5, 5.41) is 18.9. The summed E-state index contributed by atoms with van der Waals surface area (Å²) in [6.07, 6.45) is 3.40. The number of nitrogens with one attached hydrogen (secondary N) is 1. The highest BCUT2D eigenvalue weighted by Crippen LogP contribution is 2.25. The van der Waals surface area contributed by atoms with Gasteiger partial charge in [-0.15, -0.1) is 10.2 Å². The number of aromatic nitrogens is 6.